The van der Waals surface area contributed by atoms with Gasteiger partial charge < -0.3 is 19.5 Å². The van der Waals surface area contributed by atoms with E-state index >= 15 is 0 Å². The molecule has 1 rings (SSSR count). The Labute approximate surface area is 132 Å². The summed E-state index contributed by atoms with van der Waals surface area (Å²) < 4.78 is 15.5. The van der Waals surface area contributed by atoms with Crippen molar-refractivity contribution in [3.63, 3.8) is 0 Å². The van der Waals surface area contributed by atoms with Gasteiger partial charge in [-0.2, -0.15) is 0 Å². The Hall–Kier alpha value is -1.40. The molecule has 0 unspecified atom stereocenters. The van der Waals surface area contributed by atoms with Crippen LogP contribution >= 0.6 is 0 Å². The van der Waals surface area contributed by atoms with Crippen molar-refractivity contribution in [1.29, 1.82) is 0 Å². The number of carbonyl (C=O) groups is 2. The number of esters is 1. The molecule has 6 nitrogen and oxygen atoms in total. The molecule has 22 heavy (non-hydrogen) atoms. The van der Waals surface area contributed by atoms with E-state index in [9.17, 15) is 9.59 Å². The molecule has 1 aliphatic rings. The van der Waals surface area contributed by atoms with Gasteiger partial charge in [0, 0.05) is 0 Å². The maximum absolute atomic E-state index is 12.1. The normalized spacial score (nSPS) is 21.3. The summed E-state index contributed by atoms with van der Waals surface area (Å²) >= 11 is 0. The molecule has 1 saturated heterocycles. The highest BCUT2D eigenvalue weighted by Crippen LogP contribution is 2.24. The fourth-order valence-electron chi connectivity index (χ4n) is 2.11. The highest BCUT2D eigenvalue weighted by molar-refractivity contribution is 5.92. The Bertz CT molecular complexity index is 407. The Balaban J connectivity index is 2.42. The maximum Gasteiger partial charge on any atom is 0.338 e. The van der Waals surface area contributed by atoms with Crippen LogP contribution in [0.3, 0.4) is 0 Å². The van der Waals surface area contributed by atoms with E-state index in [0.29, 0.717) is 19.1 Å². The van der Waals surface area contributed by atoms with Gasteiger partial charge >= 0.3 is 5.97 Å². The molecule has 0 aromatic rings. The third-order valence-corrected chi connectivity index (χ3v) is 3.04. The predicted octanol–water partition coefficient (Wildman–Crippen LogP) is 1.44. The first-order valence-electron chi connectivity index (χ1n) is 7.69. The van der Waals surface area contributed by atoms with Crippen LogP contribution in [0, 0.1) is 5.92 Å². The Morgan fingerprint density at radius 2 is 2.00 bits per heavy atom. The van der Waals surface area contributed by atoms with E-state index in [-0.39, 0.29) is 18.6 Å². The molecule has 6 heteroatoms. The fourth-order valence-corrected chi connectivity index (χ4v) is 2.11. The summed E-state index contributed by atoms with van der Waals surface area (Å²) in [5.41, 5.74) is 0.933. The average Bonchev–Trinajstić information content (AvgIpc) is 3.17. The first kappa shape index (κ1) is 18.6. The van der Waals surface area contributed by atoms with Gasteiger partial charge in [0.25, 0.3) is 5.91 Å². The number of rotatable bonds is 10. The second-order valence-corrected chi connectivity index (χ2v) is 6.04. The first-order chi connectivity index (χ1) is 10.3. The number of nitrogens with one attached hydrogen (secondary N) is 1. The van der Waals surface area contributed by atoms with Gasteiger partial charge in [0.1, 0.15) is 0 Å². The Morgan fingerprint density at radius 3 is 2.55 bits per heavy atom. The molecule has 0 aromatic heterocycles. The van der Waals surface area contributed by atoms with Gasteiger partial charge in [-0.15, -0.1) is 0 Å². The van der Waals surface area contributed by atoms with Crippen LogP contribution < -0.4 is 5.32 Å². The average molecular weight is 313 g/mol. The largest absolute Gasteiger partial charge is 0.464 e. The molecule has 0 aromatic carbocycles. The Morgan fingerprint density at radius 1 is 1.32 bits per heavy atom. The van der Waals surface area contributed by atoms with Crippen molar-refractivity contribution >= 4 is 11.9 Å². The second-order valence-electron chi connectivity index (χ2n) is 6.04. The van der Waals surface area contributed by atoms with Crippen LogP contribution in [0.4, 0.5) is 0 Å². The smallest absolute Gasteiger partial charge is 0.338 e. The molecule has 3 atom stereocenters. The lowest BCUT2D eigenvalue weighted by Gasteiger charge is -2.20. The predicted molar refractivity (Wildman–Crippen MR) is 82.3 cm³/mol. The van der Waals surface area contributed by atoms with Crippen molar-refractivity contribution in [2.75, 3.05) is 19.8 Å². The van der Waals surface area contributed by atoms with E-state index in [2.05, 4.69) is 25.7 Å². The van der Waals surface area contributed by atoms with Gasteiger partial charge in [-0.25, -0.2) is 4.79 Å². The molecule has 0 aliphatic carbocycles. The van der Waals surface area contributed by atoms with Gasteiger partial charge in [-0.05, 0) is 26.2 Å². The van der Waals surface area contributed by atoms with E-state index in [1.165, 1.54) is 0 Å². The summed E-state index contributed by atoms with van der Waals surface area (Å²) in [6, 6.07) is -0.112. The van der Waals surface area contributed by atoms with E-state index in [1.807, 2.05) is 6.92 Å². The standard InChI is InChI=1S/C16H27NO5/c1-6-21-16(19)14-13(22-14)15(18)17-12(7-10(2)3)9-20-8-11(4)5/h10,12-14H,4,6-9H2,1-3,5H3,(H,17,18)/t12-,13-,14-/m0/s1. The molecule has 126 valence electrons. The lowest BCUT2D eigenvalue weighted by molar-refractivity contribution is -0.144. The molecule has 1 amide bonds. The van der Waals surface area contributed by atoms with Crippen molar-refractivity contribution in [2.24, 2.45) is 5.92 Å². The zero-order chi connectivity index (χ0) is 16.7. The first-order valence-corrected chi connectivity index (χ1v) is 7.69. The summed E-state index contributed by atoms with van der Waals surface area (Å²) in [4.78, 5) is 23.6. The molecule has 1 heterocycles. The van der Waals surface area contributed by atoms with E-state index in [0.717, 1.165) is 12.0 Å². The lowest BCUT2D eigenvalue weighted by Crippen LogP contribution is -2.42. The second kappa shape index (κ2) is 8.90. The van der Waals surface area contributed by atoms with Gasteiger partial charge in [-0.3, -0.25) is 4.79 Å². The zero-order valence-corrected chi connectivity index (χ0v) is 13.9. The minimum atomic E-state index is -0.768. The minimum absolute atomic E-state index is 0.112. The molecule has 1 fully saturated rings. The number of amides is 1. The van der Waals surface area contributed by atoms with Crippen molar-refractivity contribution in [3.05, 3.63) is 12.2 Å². The molecule has 0 spiro atoms. The van der Waals surface area contributed by atoms with Gasteiger partial charge in [0.05, 0.1) is 25.9 Å². The minimum Gasteiger partial charge on any atom is -0.464 e. The number of carbonyl (C=O) groups excluding carboxylic acids is 2. The molecular weight excluding hydrogens is 286 g/mol. The van der Waals surface area contributed by atoms with Gasteiger partial charge in [0.2, 0.25) is 0 Å². The monoisotopic (exact) mass is 313 g/mol. The quantitative estimate of drug-likeness (QED) is 0.375. The summed E-state index contributed by atoms with van der Waals surface area (Å²) in [5.74, 6) is -0.357. The van der Waals surface area contributed by atoms with Crippen LogP contribution in [-0.2, 0) is 23.8 Å². The van der Waals surface area contributed by atoms with Gasteiger partial charge in [0.15, 0.2) is 12.2 Å². The van der Waals surface area contributed by atoms with Crippen molar-refractivity contribution < 1.29 is 23.8 Å². The molecular formula is C16H27NO5. The molecule has 1 N–H and O–H groups in total. The summed E-state index contributed by atoms with van der Waals surface area (Å²) in [6.07, 6.45) is -0.718. The highest BCUT2D eigenvalue weighted by Gasteiger charge is 2.51. The number of hydrogen-bond acceptors (Lipinski definition) is 5. The van der Waals surface area contributed by atoms with Crippen molar-refractivity contribution in [3.8, 4) is 0 Å². The SMILES string of the molecule is C=C(C)COC[C@H](CC(C)C)NC(=O)[C@H]1O[C@@H]1C(=O)OCC. The summed E-state index contributed by atoms with van der Waals surface area (Å²) in [5, 5.41) is 2.88. The topological polar surface area (TPSA) is 77.2 Å². The fraction of sp³-hybridized carbons (Fsp3) is 0.750. The van der Waals surface area contributed by atoms with Gasteiger partial charge in [-0.1, -0.05) is 26.0 Å². The highest BCUT2D eigenvalue weighted by atomic mass is 16.6. The van der Waals surface area contributed by atoms with E-state index in [4.69, 9.17) is 14.2 Å². The molecule has 0 saturated carbocycles. The van der Waals surface area contributed by atoms with Crippen LogP contribution in [0.15, 0.2) is 12.2 Å². The summed E-state index contributed by atoms with van der Waals surface area (Å²) in [6.45, 7) is 12.7. The summed E-state index contributed by atoms with van der Waals surface area (Å²) in [7, 11) is 0. The van der Waals surface area contributed by atoms with Crippen molar-refractivity contribution in [2.45, 2.75) is 52.4 Å². The van der Waals surface area contributed by atoms with Crippen LogP contribution in [0.2, 0.25) is 0 Å². The van der Waals surface area contributed by atoms with Crippen LogP contribution in [-0.4, -0.2) is 49.9 Å². The molecule has 1 aliphatic heterocycles. The Kier molecular flexibility index (Phi) is 7.55. The zero-order valence-electron chi connectivity index (χ0n) is 13.9. The van der Waals surface area contributed by atoms with Crippen LogP contribution in [0.5, 0.6) is 0 Å². The lowest BCUT2D eigenvalue weighted by atomic mass is 10.0. The van der Waals surface area contributed by atoms with E-state index < -0.39 is 18.2 Å². The molecule has 0 bridgehead atoms. The van der Waals surface area contributed by atoms with Crippen molar-refractivity contribution in [1.82, 2.24) is 5.32 Å². The number of hydrogen-bond donors (Lipinski definition) is 1. The molecule has 0 radical (unpaired) electrons. The number of ether oxygens (including phenoxy) is 3. The van der Waals surface area contributed by atoms with Crippen LogP contribution in [0.25, 0.3) is 0 Å². The third-order valence-electron chi connectivity index (χ3n) is 3.04. The maximum atomic E-state index is 12.1. The van der Waals surface area contributed by atoms with Crippen LogP contribution in [0.1, 0.15) is 34.1 Å². The van der Waals surface area contributed by atoms with E-state index in [1.54, 1.807) is 6.92 Å². The third kappa shape index (κ3) is 6.58. The number of epoxide rings is 1.